The number of aliphatic hydroxyl groups excluding tert-OH is 1. The second-order valence-electron chi connectivity index (χ2n) is 7.64. The molecule has 1 aromatic carbocycles. The topological polar surface area (TPSA) is 74.9 Å². The van der Waals surface area contributed by atoms with Crippen LogP contribution in [0.2, 0.25) is 0 Å². The molecule has 3 aromatic rings. The second-order valence-corrected chi connectivity index (χ2v) is 7.64. The summed E-state index contributed by atoms with van der Waals surface area (Å²) in [6.07, 6.45) is 3.68. The average Bonchev–Trinajstić information content (AvgIpc) is 3.19. The van der Waals surface area contributed by atoms with Gasteiger partial charge < -0.3 is 15.2 Å². The van der Waals surface area contributed by atoms with E-state index in [4.69, 9.17) is 0 Å². The maximum Gasteiger partial charge on any atom is 0.387 e. The highest BCUT2D eigenvalue weighted by atomic mass is 19.3. The molecule has 0 radical (unpaired) electrons. The minimum Gasteiger partial charge on any atom is -0.434 e. The molecule has 2 N–H and O–H groups in total. The lowest BCUT2D eigenvalue weighted by Gasteiger charge is -2.32. The van der Waals surface area contributed by atoms with Crippen molar-refractivity contribution in [1.82, 2.24) is 19.5 Å². The molecule has 0 bridgehead atoms. The summed E-state index contributed by atoms with van der Waals surface area (Å²) in [5.74, 6) is -0.512. The lowest BCUT2D eigenvalue weighted by molar-refractivity contribution is -0.0496. The number of nitrogens with zero attached hydrogens (tertiary/aromatic N) is 4. The Hall–Kier alpha value is -2.85. The van der Waals surface area contributed by atoms with Crippen molar-refractivity contribution in [3.8, 4) is 17.0 Å². The maximum absolute atomic E-state index is 14.8. The third kappa shape index (κ3) is 4.59. The van der Waals surface area contributed by atoms with Crippen LogP contribution in [0.4, 0.5) is 19.1 Å². The van der Waals surface area contributed by atoms with E-state index in [1.165, 1.54) is 12.1 Å². The zero-order valence-electron chi connectivity index (χ0n) is 17.1. The smallest absolute Gasteiger partial charge is 0.387 e. The van der Waals surface area contributed by atoms with Crippen LogP contribution in [0.5, 0.6) is 5.75 Å². The van der Waals surface area contributed by atoms with Gasteiger partial charge in [0.2, 0.25) is 5.95 Å². The van der Waals surface area contributed by atoms with Crippen molar-refractivity contribution in [2.45, 2.75) is 32.4 Å². The van der Waals surface area contributed by atoms with E-state index in [-0.39, 0.29) is 29.7 Å². The molecule has 1 aliphatic rings. The van der Waals surface area contributed by atoms with E-state index >= 15 is 0 Å². The number of piperidine rings is 1. The molecule has 10 heteroatoms. The number of nitrogens with one attached hydrogen (secondary N) is 1. The van der Waals surface area contributed by atoms with Crippen LogP contribution in [0.1, 0.15) is 18.4 Å². The van der Waals surface area contributed by atoms with Gasteiger partial charge in [-0.3, -0.25) is 9.30 Å². The first-order chi connectivity index (χ1) is 15.0. The molecule has 1 saturated heterocycles. The first-order valence-electron chi connectivity index (χ1n) is 10.1. The van der Waals surface area contributed by atoms with Crippen molar-refractivity contribution < 1.29 is 23.0 Å². The second kappa shape index (κ2) is 9.11. The molecule has 0 aliphatic carbocycles. The van der Waals surface area contributed by atoms with Gasteiger partial charge in [-0.05, 0) is 56.1 Å². The first kappa shape index (κ1) is 21.4. The minimum atomic E-state index is -3.09. The fourth-order valence-electron chi connectivity index (χ4n) is 4.06. The molecule has 4 rings (SSSR count). The Kier molecular flexibility index (Phi) is 6.28. The quantitative estimate of drug-likeness (QED) is 0.593. The number of benzene rings is 1. The summed E-state index contributed by atoms with van der Waals surface area (Å²) in [6, 6.07) is 6.19. The largest absolute Gasteiger partial charge is 0.434 e. The molecule has 1 fully saturated rings. The van der Waals surface area contributed by atoms with Crippen molar-refractivity contribution in [1.29, 1.82) is 0 Å². The number of aromatic nitrogens is 3. The Bertz CT molecular complexity index is 1060. The molecule has 0 amide bonds. The fraction of sp³-hybridized carbons (Fsp3) is 0.429. The number of halogens is 3. The highest BCUT2D eigenvalue weighted by molar-refractivity contribution is 5.82. The van der Waals surface area contributed by atoms with E-state index in [1.807, 2.05) is 0 Å². The Morgan fingerprint density at radius 2 is 2.16 bits per heavy atom. The SMILES string of the molecule is Cc1cc(F)c(-c2nnc(N[C@@H]3CCCN(CCO)C3)n3cccc23)c(OC(F)F)c1. The van der Waals surface area contributed by atoms with Gasteiger partial charge in [0.05, 0.1) is 17.7 Å². The summed E-state index contributed by atoms with van der Waals surface area (Å²) in [4.78, 5) is 2.17. The standard InChI is InChI=1S/C21H24F3N5O2/c1-13-10-15(22)18(17(11-13)31-20(23)24)19-16-5-3-7-29(16)21(27-26-19)25-14-4-2-6-28(12-14)8-9-30/h3,5,7,10-11,14,20,30H,2,4,6,8-9,12H2,1H3,(H,25,27)/t14-/m1/s1. The Morgan fingerprint density at radius 3 is 2.94 bits per heavy atom. The van der Waals surface area contributed by atoms with Crippen molar-refractivity contribution in [3.63, 3.8) is 0 Å². The van der Waals surface area contributed by atoms with Gasteiger partial charge >= 0.3 is 6.61 Å². The number of ether oxygens (including phenoxy) is 1. The Balaban J connectivity index is 1.70. The number of anilines is 1. The molecular weight excluding hydrogens is 411 g/mol. The predicted molar refractivity (Wildman–Crippen MR) is 110 cm³/mol. The summed E-state index contributed by atoms with van der Waals surface area (Å²) in [5.41, 5.74) is 0.941. The van der Waals surface area contributed by atoms with Crippen LogP contribution in [0.3, 0.4) is 0 Å². The van der Waals surface area contributed by atoms with E-state index in [0.717, 1.165) is 25.9 Å². The average molecular weight is 435 g/mol. The first-order valence-corrected chi connectivity index (χ1v) is 10.1. The van der Waals surface area contributed by atoms with Gasteiger partial charge in [0.1, 0.15) is 17.3 Å². The fourth-order valence-corrected chi connectivity index (χ4v) is 4.06. The molecule has 1 atom stereocenters. The van der Waals surface area contributed by atoms with Gasteiger partial charge in [-0.25, -0.2) is 4.39 Å². The summed E-state index contributed by atoms with van der Waals surface area (Å²) in [7, 11) is 0. The monoisotopic (exact) mass is 435 g/mol. The Morgan fingerprint density at radius 1 is 1.32 bits per heavy atom. The third-order valence-corrected chi connectivity index (χ3v) is 5.37. The van der Waals surface area contributed by atoms with E-state index in [0.29, 0.717) is 23.6 Å². The number of alkyl halides is 2. The summed E-state index contributed by atoms with van der Waals surface area (Å²) >= 11 is 0. The summed E-state index contributed by atoms with van der Waals surface area (Å²) in [6.45, 7) is 0.911. The molecule has 0 unspecified atom stereocenters. The van der Waals surface area contributed by atoms with E-state index < -0.39 is 12.4 Å². The van der Waals surface area contributed by atoms with Crippen LogP contribution in [0.25, 0.3) is 16.8 Å². The van der Waals surface area contributed by atoms with Crippen molar-refractivity contribution >= 4 is 11.5 Å². The molecule has 1 aliphatic heterocycles. The molecule has 31 heavy (non-hydrogen) atoms. The van der Waals surface area contributed by atoms with Gasteiger partial charge in [-0.2, -0.15) is 8.78 Å². The lowest BCUT2D eigenvalue weighted by atomic mass is 10.1. The zero-order valence-corrected chi connectivity index (χ0v) is 17.1. The molecular formula is C21H24F3N5O2. The van der Waals surface area contributed by atoms with E-state index in [2.05, 4.69) is 25.2 Å². The number of rotatable bonds is 7. The molecule has 166 valence electrons. The minimum absolute atomic E-state index is 0.105. The van der Waals surface area contributed by atoms with Gasteiger partial charge in [0.25, 0.3) is 0 Å². The Labute approximate surface area is 177 Å². The van der Waals surface area contributed by atoms with Crippen LogP contribution in [-0.4, -0.2) is 63.5 Å². The molecule has 0 saturated carbocycles. The van der Waals surface area contributed by atoms with E-state index in [1.54, 1.807) is 29.7 Å². The van der Waals surface area contributed by atoms with Gasteiger partial charge in [0, 0.05) is 25.3 Å². The number of hydrogen-bond acceptors (Lipinski definition) is 6. The number of likely N-dealkylation sites (tertiary alicyclic amines) is 1. The van der Waals surface area contributed by atoms with Crippen LogP contribution in [-0.2, 0) is 0 Å². The van der Waals surface area contributed by atoms with Crippen LogP contribution >= 0.6 is 0 Å². The van der Waals surface area contributed by atoms with Crippen molar-refractivity contribution in [3.05, 3.63) is 41.8 Å². The van der Waals surface area contributed by atoms with E-state index in [9.17, 15) is 18.3 Å². The molecule has 7 nitrogen and oxygen atoms in total. The number of hydrogen-bond donors (Lipinski definition) is 2. The van der Waals surface area contributed by atoms with Gasteiger partial charge in [-0.1, -0.05) is 0 Å². The third-order valence-electron chi connectivity index (χ3n) is 5.37. The van der Waals surface area contributed by atoms with Gasteiger partial charge in [-0.15, -0.1) is 10.2 Å². The van der Waals surface area contributed by atoms with Crippen molar-refractivity contribution in [2.75, 3.05) is 31.6 Å². The highest BCUT2D eigenvalue weighted by Crippen LogP contribution is 2.36. The van der Waals surface area contributed by atoms with Crippen LogP contribution in [0.15, 0.2) is 30.5 Å². The normalized spacial score (nSPS) is 17.4. The van der Waals surface area contributed by atoms with Crippen LogP contribution in [0, 0.1) is 12.7 Å². The number of aryl methyl sites for hydroxylation is 1. The number of β-amino-alcohol motifs (C(OH)–C–C–N with tert-alkyl or cyclic N) is 1. The summed E-state index contributed by atoms with van der Waals surface area (Å²) in [5, 5.41) is 21.0. The highest BCUT2D eigenvalue weighted by Gasteiger charge is 2.24. The number of fused-ring (bicyclic) bond motifs is 1. The van der Waals surface area contributed by atoms with Crippen molar-refractivity contribution in [2.24, 2.45) is 0 Å². The zero-order chi connectivity index (χ0) is 22.0. The number of aliphatic hydroxyl groups is 1. The van der Waals surface area contributed by atoms with Crippen LogP contribution < -0.4 is 10.1 Å². The summed E-state index contributed by atoms with van der Waals surface area (Å²) < 4.78 is 47.0. The predicted octanol–water partition coefficient (Wildman–Crippen LogP) is 3.31. The van der Waals surface area contributed by atoms with Gasteiger partial charge in [0.15, 0.2) is 0 Å². The molecule has 3 heterocycles. The molecule has 2 aromatic heterocycles. The lowest BCUT2D eigenvalue weighted by Crippen LogP contribution is -2.43. The maximum atomic E-state index is 14.8. The molecule has 0 spiro atoms.